The van der Waals surface area contributed by atoms with E-state index >= 15 is 0 Å². The van der Waals surface area contributed by atoms with Crippen LogP contribution in [-0.2, 0) is 9.59 Å². The van der Waals surface area contributed by atoms with Crippen LogP contribution in [0.2, 0.25) is 0 Å². The molecule has 4 heteroatoms. The summed E-state index contributed by atoms with van der Waals surface area (Å²) in [6, 6.07) is -0.0924. The summed E-state index contributed by atoms with van der Waals surface area (Å²) in [5, 5.41) is 2.70. The molecule has 17 heavy (non-hydrogen) atoms. The summed E-state index contributed by atoms with van der Waals surface area (Å²) >= 11 is 0. The van der Waals surface area contributed by atoms with E-state index < -0.39 is 0 Å². The van der Waals surface area contributed by atoms with Gasteiger partial charge in [-0.25, -0.2) is 0 Å². The normalized spacial score (nSPS) is 35.4. The monoisotopic (exact) mass is 238 g/mol. The molecular formula is C13H22N2O2. The van der Waals surface area contributed by atoms with Gasteiger partial charge >= 0.3 is 0 Å². The van der Waals surface area contributed by atoms with Crippen molar-refractivity contribution in [3.8, 4) is 0 Å². The Bertz CT molecular complexity index is 317. The van der Waals surface area contributed by atoms with Gasteiger partial charge in [0, 0.05) is 6.04 Å². The van der Waals surface area contributed by atoms with Crippen molar-refractivity contribution < 1.29 is 9.59 Å². The highest BCUT2D eigenvalue weighted by molar-refractivity contribution is 5.94. The fraction of sp³-hybridized carbons (Fsp3) is 0.846. The van der Waals surface area contributed by atoms with Crippen LogP contribution < -0.4 is 5.32 Å². The highest BCUT2D eigenvalue weighted by atomic mass is 16.2. The van der Waals surface area contributed by atoms with Gasteiger partial charge < -0.3 is 10.2 Å². The Hall–Kier alpha value is -1.06. The van der Waals surface area contributed by atoms with Crippen LogP contribution in [0.1, 0.15) is 46.0 Å². The summed E-state index contributed by atoms with van der Waals surface area (Å²) in [5.74, 6) is 0.580. The van der Waals surface area contributed by atoms with Gasteiger partial charge in [-0.05, 0) is 25.7 Å². The molecular weight excluding hydrogens is 216 g/mol. The van der Waals surface area contributed by atoms with E-state index in [1.165, 1.54) is 25.7 Å². The molecule has 96 valence electrons. The first kappa shape index (κ1) is 12.4. The van der Waals surface area contributed by atoms with Crippen LogP contribution in [0.4, 0.5) is 0 Å². The van der Waals surface area contributed by atoms with Gasteiger partial charge in [0.05, 0.1) is 6.54 Å². The van der Waals surface area contributed by atoms with Crippen LogP contribution in [0.5, 0.6) is 0 Å². The Morgan fingerprint density at radius 1 is 1.12 bits per heavy atom. The Kier molecular flexibility index (Phi) is 3.69. The highest BCUT2D eigenvalue weighted by Crippen LogP contribution is 2.28. The molecule has 1 aliphatic heterocycles. The first-order valence-corrected chi connectivity index (χ1v) is 6.69. The third-order valence-corrected chi connectivity index (χ3v) is 4.06. The summed E-state index contributed by atoms with van der Waals surface area (Å²) in [7, 11) is 0. The molecule has 2 amide bonds. The molecule has 0 radical (unpaired) electrons. The number of nitrogens with zero attached hydrogens (tertiary/aromatic N) is 1. The van der Waals surface area contributed by atoms with Gasteiger partial charge in [0.15, 0.2) is 0 Å². The Balaban J connectivity index is 2.12. The zero-order valence-corrected chi connectivity index (χ0v) is 10.7. The van der Waals surface area contributed by atoms with Crippen molar-refractivity contribution in [2.24, 2.45) is 5.92 Å². The highest BCUT2D eigenvalue weighted by Gasteiger charge is 2.36. The first-order chi connectivity index (χ1) is 8.09. The minimum Gasteiger partial charge on any atom is -0.343 e. The zero-order chi connectivity index (χ0) is 12.4. The summed E-state index contributed by atoms with van der Waals surface area (Å²) in [5.41, 5.74) is 0. The SMILES string of the molecule is CC1NC(=O)CN(C2CCCCCC2C)C1=O. The third-order valence-electron chi connectivity index (χ3n) is 4.06. The van der Waals surface area contributed by atoms with Gasteiger partial charge in [-0.15, -0.1) is 0 Å². The first-order valence-electron chi connectivity index (χ1n) is 6.69. The van der Waals surface area contributed by atoms with Gasteiger partial charge in [-0.3, -0.25) is 9.59 Å². The quantitative estimate of drug-likeness (QED) is 0.700. The molecule has 2 rings (SSSR count). The van der Waals surface area contributed by atoms with E-state index in [1.54, 1.807) is 6.92 Å². The topological polar surface area (TPSA) is 49.4 Å². The van der Waals surface area contributed by atoms with Crippen LogP contribution in [-0.4, -0.2) is 35.3 Å². The fourth-order valence-electron chi connectivity index (χ4n) is 3.05. The van der Waals surface area contributed by atoms with Gasteiger partial charge in [0.2, 0.25) is 11.8 Å². The number of nitrogens with one attached hydrogen (secondary N) is 1. The van der Waals surface area contributed by atoms with Crippen LogP contribution in [0, 0.1) is 5.92 Å². The molecule has 1 saturated carbocycles. The number of rotatable bonds is 1. The maximum absolute atomic E-state index is 12.1. The molecule has 1 aliphatic carbocycles. The molecule has 3 atom stereocenters. The molecule has 0 aromatic rings. The Labute approximate surface area is 103 Å². The lowest BCUT2D eigenvalue weighted by atomic mass is 9.94. The van der Waals surface area contributed by atoms with Crippen molar-refractivity contribution in [1.29, 1.82) is 0 Å². The zero-order valence-electron chi connectivity index (χ0n) is 10.7. The predicted octanol–water partition coefficient (Wildman–Crippen LogP) is 1.30. The number of amides is 2. The molecule has 0 aromatic heterocycles. The minimum atomic E-state index is -0.355. The molecule has 1 N–H and O–H groups in total. The van der Waals surface area contributed by atoms with Crippen LogP contribution in [0.3, 0.4) is 0 Å². The maximum Gasteiger partial charge on any atom is 0.245 e. The summed E-state index contributed by atoms with van der Waals surface area (Å²) in [4.78, 5) is 25.5. The third kappa shape index (κ3) is 2.61. The van der Waals surface area contributed by atoms with Crippen LogP contribution in [0.15, 0.2) is 0 Å². The van der Waals surface area contributed by atoms with Crippen molar-refractivity contribution in [2.45, 2.75) is 58.0 Å². The van der Waals surface area contributed by atoms with Gasteiger partial charge in [-0.1, -0.05) is 26.2 Å². The second kappa shape index (κ2) is 5.07. The average molecular weight is 238 g/mol. The van der Waals surface area contributed by atoms with E-state index in [0.717, 1.165) is 6.42 Å². The molecule has 4 nitrogen and oxygen atoms in total. The number of piperazine rings is 1. The van der Waals surface area contributed by atoms with Crippen LogP contribution in [0.25, 0.3) is 0 Å². The van der Waals surface area contributed by atoms with E-state index in [2.05, 4.69) is 12.2 Å². The van der Waals surface area contributed by atoms with Crippen molar-refractivity contribution in [1.82, 2.24) is 10.2 Å². The van der Waals surface area contributed by atoms with E-state index in [0.29, 0.717) is 5.92 Å². The van der Waals surface area contributed by atoms with E-state index in [-0.39, 0.29) is 30.4 Å². The van der Waals surface area contributed by atoms with Gasteiger partial charge in [0.1, 0.15) is 6.04 Å². The molecule has 0 aromatic carbocycles. The average Bonchev–Trinajstić information content (AvgIpc) is 2.48. The smallest absolute Gasteiger partial charge is 0.245 e. The molecule has 2 fully saturated rings. The maximum atomic E-state index is 12.1. The van der Waals surface area contributed by atoms with Crippen molar-refractivity contribution >= 4 is 11.8 Å². The Morgan fingerprint density at radius 3 is 2.59 bits per heavy atom. The number of hydrogen-bond donors (Lipinski definition) is 1. The molecule has 1 heterocycles. The van der Waals surface area contributed by atoms with Crippen molar-refractivity contribution in [2.75, 3.05) is 6.54 Å². The summed E-state index contributed by atoms with van der Waals surface area (Å²) in [6.07, 6.45) is 5.90. The molecule has 3 unspecified atom stereocenters. The minimum absolute atomic E-state index is 0.0199. The fourth-order valence-corrected chi connectivity index (χ4v) is 3.05. The molecule has 2 aliphatic rings. The lowest BCUT2D eigenvalue weighted by Crippen LogP contribution is -2.60. The second-order valence-corrected chi connectivity index (χ2v) is 5.44. The lowest BCUT2D eigenvalue weighted by Gasteiger charge is -2.39. The van der Waals surface area contributed by atoms with Crippen molar-refractivity contribution in [3.63, 3.8) is 0 Å². The number of carbonyl (C=O) groups is 2. The lowest BCUT2D eigenvalue weighted by molar-refractivity contribution is -0.147. The number of carbonyl (C=O) groups excluding carboxylic acids is 2. The molecule has 0 spiro atoms. The molecule has 1 saturated heterocycles. The number of hydrogen-bond acceptors (Lipinski definition) is 2. The van der Waals surface area contributed by atoms with E-state index in [4.69, 9.17) is 0 Å². The van der Waals surface area contributed by atoms with Gasteiger partial charge in [0.25, 0.3) is 0 Å². The Morgan fingerprint density at radius 2 is 1.82 bits per heavy atom. The van der Waals surface area contributed by atoms with E-state index in [1.807, 2.05) is 4.90 Å². The van der Waals surface area contributed by atoms with Gasteiger partial charge in [-0.2, -0.15) is 0 Å². The largest absolute Gasteiger partial charge is 0.343 e. The summed E-state index contributed by atoms with van der Waals surface area (Å²) < 4.78 is 0. The standard InChI is InChI=1S/C13H22N2O2/c1-9-6-4-3-5-7-11(9)15-8-12(16)14-10(2)13(15)17/h9-11H,3-8H2,1-2H3,(H,14,16). The van der Waals surface area contributed by atoms with Crippen molar-refractivity contribution in [3.05, 3.63) is 0 Å². The second-order valence-electron chi connectivity index (χ2n) is 5.44. The molecule has 0 bridgehead atoms. The van der Waals surface area contributed by atoms with Crippen LogP contribution >= 0.6 is 0 Å². The predicted molar refractivity (Wildman–Crippen MR) is 65.4 cm³/mol. The summed E-state index contributed by atoms with van der Waals surface area (Å²) in [6.45, 7) is 4.23. The van der Waals surface area contributed by atoms with E-state index in [9.17, 15) is 9.59 Å².